The van der Waals surface area contributed by atoms with E-state index in [-0.39, 0.29) is 22.9 Å². The Morgan fingerprint density at radius 2 is 1.41 bits per heavy atom. The molecule has 8 heteroatoms. The lowest BCUT2D eigenvalue weighted by molar-refractivity contribution is -0.137. The Kier molecular flexibility index (Phi) is 11.9. The van der Waals surface area contributed by atoms with Gasteiger partial charge in [-0.3, -0.25) is 0 Å². The van der Waals surface area contributed by atoms with Gasteiger partial charge >= 0.3 is 17.9 Å². The van der Waals surface area contributed by atoms with Gasteiger partial charge < -0.3 is 24.1 Å². The van der Waals surface area contributed by atoms with E-state index in [9.17, 15) is 14.4 Å². The van der Waals surface area contributed by atoms with E-state index in [1.807, 2.05) is 31.2 Å². The van der Waals surface area contributed by atoms with Crippen LogP contribution in [-0.4, -0.2) is 42.8 Å². The minimum Gasteiger partial charge on any atom is -0.493 e. The molecule has 214 valence electrons. The van der Waals surface area contributed by atoms with Gasteiger partial charge in [0.05, 0.1) is 31.0 Å². The van der Waals surface area contributed by atoms with Gasteiger partial charge in [-0.1, -0.05) is 31.4 Å². The molecule has 0 heterocycles. The first-order valence-electron chi connectivity index (χ1n) is 13.3. The van der Waals surface area contributed by atoms with E-state index in [0.717, 1.165) is 48.1 Å². The predicted molar refractivity (Wildman–Crippen MR) is 155 cm³/mol. The van der Waals surface area contributed by atoms with Crippen molar-refractivity contribution < 1.29 is 38.4 Å². The highest BCUT2D eigenvalue weighted by atomic mass is 16.5. The van der Waals surface area contributed by atoms with E-state index in [2.05, 4.69) is 19.2 Å². The Bertz CT molecular complexity index is 1360. The summed E-state index contributed by atoms with van der Waals surface area (Å²) in [4.78, 5) is 35.2. The number of carbonyl (C=O) groups excluding carboxylic acids is 3. The quantitative estimate of drug-likeness (QED) is 0.105. The molecule has 0 fully saturated rings. The highest BCUT2D eigenvalue weighted by molar-refractivity contribution is 5.92. The lowest BCUT2D eigenvalue weighted by atomic mass is 10.0. The normalized spacial score (nSPS) is 10.4. The van der Waals surface area contributed by atoms with Gasteiger partial charge in [0.25, 0.3) is 0 Å². The van der Waals surface area contributed by atoms with Crippen LogP contribution >= 0.6 is 0 Å². The molecule has 3 rings (SSSR count). The summed E-state index contributed by atoms with van der Waals surface area (Å²) < 4.78 is 21.4. The number of aliphatic hydroxyl groups is 1. The molecule has 41 heavy (non-hydrogen) atoms. The maximum atomic E-state index is 12.5. The van der Waals surface area contributed by atoms with Crippen molar-refractivity contribution in [1.29, 1.82) is 0 Å². The average molecular weight is 559 g/mol. The van der Waals surface area contributed by atoms with Gasteiger partial charge in [-0.25, -0.2) is 14.4 Å². The van der Waals surface area contributed by atoms with Crippen molar-refractivity contribution in [1.82, 2.24) is 0 Å². The maximum Gasteiger partial charge on any atom is 0.343 e. The van der Waals surface area contributed by atoms with E-state index in [4.69, 9.17) is 24.1 Å². The summed E-state index contributed by atoms with van der Waals surface area (Å²) in [5.41, 5.74) is 3.21. The number of hydrogen-bond acceptors (Lipinski definition) is 8. The van der Waals surface area contributed by atoms with Crippen LogP contribution in [0, 0.1) is 6.92 Å². The molecule has 0 bridgehead atoms. The molecule has 1 N–H and O–H groups in total. The van der Waals surface area contributed by atoms with Crippen LogP contribution < -0.4 is 14.2 Å². The molecule has 0 unspecified atom stereocenters. The van der Waals surface area contributed by atoms with Gasteiger partial charge in [0.15, 0.2) is 0 Å². The largest absolute Gasteiger partial charge is 0.493 e. The third-order valence-electron chi connectivity index (χ3n) is 6.06. The van der Waals surface area contributed by atoms with Gasteiger partial charge in [0.1, 0.15) is 17.2 Å². The SMILES string of the molecule is C=CC(=O)OCCCCCCOc1ccc(-c2ccc(OC(=O)c3ccc(OC(=O)C(=C)CO)cc3)cc2)cc1C. The first kappa shape index (κ1) is 30.8. The second-order valence-corrected chi connectivity index (χ2v) is 9.20. The van der Waals surface area contributed by atoms with Crippen LogP contribution in [0.5, 0.6) is 17.2 Å². The molecule has 0 saturated heterocycles. The lowest BCUT2D eigenvalue weighted by Gasteiger charge is -2.11. The number of rotatable bonds is 15. The van der Waals surface area contributed by atoms with Gasteiger partial charge in [-0.15, -0.1) is 0 Å². The minimum atomic E-state index is -0.741. The number of esters is 3. The molecule has 0 aliphatic carbocycles. The van der Waals surface area contributed by atoms with Crippen LogP contribution in [-0.2, 0) is 14.3 Å². The first-order chi connectivity index (χ1) is 19.8. The number of benzene rings is 3. The molecular weight excluding hydrogens is 524 g/mol. The summed E-state index contributed by atoms with van der Waals surface area (Å²) >= 11 is 0. The summed E-state index contributed by atoms with van der Waals surface area (Å²) in [5.74, 6) is -0.237. The predicted octanol–water partition coefficient (Wildman–Crippen LogP) is 6.00. The van der Waals surface area contributed by atoms with Crippen molar-refractivity contribution in [2.24, 2.45) is 0 Å². The van der Waals surface area contributed by atoms with Gasteiger partial charge in [-0.2, -0.15) is 0 Å². The van der Waals surface area contributed by atoms with E-state index in [1.165, 1.54) is 30.3 Å². The molecule has 8 nitrogen and oxygen atoms in total. The van der Waals surface area contributed by atoms with Crippen molar-refractivity contribution >= 4 is 17.9 Å². The standard InChI is InChI=1S/C33H34O8/c1-4-31(35)39-20-8-6-5-7-19-38-30-18-13-27(21-23(30)2)25-9-14-29(15-10-25)41-33(37)26-11-16-28(17-12-26)40-32(36)24(3)22-34/h4,9-18,21,34H,1,3,5-8,19-20,22H2,2H3. The second-order valence-electron chi connectivity index (χ2n) is 9.20. The number of aryl methyl sites for hydroxylation is 1. The van der Waals surface area contributed by atoms with Crippen LogP contribution in [0.4, 0.5) is 0 Å². The van der Waals surface area contributed by atoms with Crippen LogP contribution in [0.1, 0.15) is 41.6 Å². The number of ether oxygens (including phenoxy) is 4. The molecule has 0 aromatic heterocycles. The molecule has 0 saturated carbocycles. The zero-order valence-electron chi connectivity index (χ0n) is 23.1. The van der Waals surface area contributed by atoms with E-state index < -0.39 is 18.5 Å². The van der Waals surface area contributed by atoms with Crippen LogP contribution in [0.3, 0.4) is 0 Å². The smallest absolute Gasteiger partial charge is 0.343 e. The second kappa shape index (κ2) is 15.8. The Balaban J connectivity index is 1.46. The fourth-order valence-corrected chi connectivity index (χ4v) is 3.75. The Hall–Kier alpha value is -4.69. The highest BCUT2D eigenvalue weighted by Gasteiger charge is 2.12. The molecule has 3 aromatic carbocycles. The molecule has 0 atom stereocenters. The van der Waals surface area contributed by atoms with Crippen molar-refractivity contribution in [3.05, 3.63) is 103 Å². The molecular formula is C33H34O8. The zero-order valence-corrected chi connectivity index (χ0v) is 23.1. The summed E-state index contributed by atoms with van der Waals surface area (Å²) in [7, 11) is 0. The van der Waals surface area contributed by atoms with Crippen molar-refractivity contribution in [3.63, 3.8) is 0 Å². The zero-order chi connectivity index (χ0) is 29.6. The maximum absolute atomic E-state index is 12.5. The number of carbonyl (C=O) groups is 3. The molecule has 0 aliphatic rings. The average Bonchev–Trinajstić information content (AvgIpc) is 2.99. The van der Waals surface area contributed by atoms with Crippen molar-refractivity contribution in [2.45, 2.75) is 32.6 Å². The third-order valence-corrected chi connectivity index (χ3v) is 6.06. The molecule has 0 amide bonds. The fourth-order valence-electron chi connectivity index (χ4n) is 3.75. The third kappa shape index (κ3) is 9.77. The highest BCUT2D eigenvalue weighted by Crippen LogP contribution is 2.28. The summed E-state index contributed by atoms with van der Waals surface area (Å²) in [6.07, 6.45) is 4.85. The Morgan fingerprint density at radius 3 is 2.05 bits per heavy atom. The molecule has 3 aromatic rings. The van der Waals surface area contributed by atoms with Crippen LogP contribution in [0.25, 0.3) is 11.1 Å². The first-order valence-corrected chi connectivity index (χ1v) is 13.3. The molecule has 0 radical (unpaired) electrons. The lowest BCUT2D eigenvalue weighted by Crippen LogP contribution is -2.13. The summed E-state index contributed by atoms with van der Waals surface area (Å²) in [6.45, 7) is 9.30. The number of unbranched alkanes of at least 4 members (excludes halogenated alkanes) is 3. The number of hydrogen-bond donors (Lipinski definition) is 1. The van der Waals surface area contributed by atoms with E-state index >= 15 is 0 Å². The topological polar surface area (TPSA) is 108 Å². The van der Waals surface area contributed by atoms with Crippen LogP contribution in [0.15, 0.2) is 91.5 Å². The summed E-state index contributed by atoms with van der Waals surface area (Å²) in [6, 6.07) is 19.1. The summed E-state index contributed by atoms with van der Waals surface area (Å²) in [5, 5.41) is 8.95. The van der Waals surface area contributed by atoms with E-state index in [0.29, 0.717) is 19.0 Å². The van der Waals surface area contributed by atoms with Gasteiger partial charge in [0, 0.05) is 6.08 Å². The van der Waals surface area contributed by atoms with Crippen molar-refractivity contribution in [2.75, 3.05) is 19.8 Å². The molecule has 0 aliphatic heterocycles. The van der Waals surface area contributed by atoms with Gasteiger partial charge in [-0.05, 0) is 97.8 Å². The monoisotopic (exact) mass is 558 g/mol. The minimum absolute atomic E-state index is 0.0679. The van der Waals surface area contributed by atoms with Crippen molar-refractivity contribution in [3.8, 4) is 28.4 Å². The fraction of sp³-hybridized carbons (Fsp3) is 0.242. The number of aliphatic hydroxyl groups excluding tert-OH is 1. The Labute approximate surface area is 239 Å². The van der Waals surface area contributed by atoms with Crippen LogP contribution in [0.2, 0.25) is 0 Å². The molecule has 0 spiro atoms. The van der Waals surface area contributed by atoms with E-state index in [1.54, 1.807) is 12.1 Å². The van der Waals surface area contributed by atoms with Gasteiger partial charge in [0.2, 0.25) is 0 Å². The Morgan fingerprint density at radius 1 is 0.805 bits per heavy atom.